The topological polar surface area (TPSA) is 36.0 Å². The van der Waals surface area contributed by atoms with Crippen LogP contribution < -0.4 is 4.90 Å². The number of hydrogen-bond acceptors (Lipinski definition) is 4. The first-order chi connectivity index (χ1) is 13.3. The zero-order valence-corrected chi connectivity index (χ0v) is 15.7. The number of hydrogen-bond donors (Lipinski definition) is 0. The number of amides is 1. The van der Waals surface area contributed by atoms with E-state index >= 15 is 0 Å². The molecule has 5 nitrogen and oxygen atoms in total. The third-order valence-corrected chi connectivity index (χ3v) is 5.37. The van der Waals surface area contributed by atoms with Crippen LogP contribution in [0.15, 0.2) is 54.6 Å². The molecule has 2 fully saturated rings. The van der Waals surface area contributed by atoms with Crippen LogP contribution in [0.3, 0.4) is 0 Å². The normalized spacial score (nSPS) is 18.5. The van der Waals surface area contributed by atoms with Gasteiger partial charge in [-0.3, -0.25) is 9.69 Å². The molecular weight excluding hydrogens is 338 g/mol. The van der Waals surface area contributed by atoms with Crippen LogP contribution in [0.5, 0.6) is 0 Å². The predicted molar refractivity (Wildman–Crippen MR) is 107 cm³/mol. The Hall–Kier alpha value is -2.37. The van der Waals surface area contributed by atoms with E-state index in [0.717, 1.165) is 38.3 Å². The Labute approximate surface area is 161 Å². The standard InChI is InChI=1S/C22H27N3O2/c26-22(25-13-15-27-16-14-25)20-6-4-5-19(17-20)18-23-9-11-24(12-10-23)21-7-2-1-3-8-21/h1-8,17H,9-16,18H2. The average Bonchev–Trinajstić information content (AvgIpc) is 2.75. The summed E-state index contributed by atoms with van der Waals surface area (Å²) in [5.41, 5.74) is 3.30. The second kappa shape index (κ2) is 8.55. The van der Waals surface area contributed by atoms with Crippen LogP contribution in [0, 0.1) is 0 Å². The zero-order valence-electron chi connectivity index (χ0n) is 15.7. The van der Waals surface area contributed by atoms with Gasteiger partial charge in [-0.05, 0) is 29.8 Å². The van der Waals surface area contributed by atoms with Crippen LogP contribution >= 0.6 is 0 Å². The Bertz CT molecular complexity index is 751. The SMILES string of the molecule is O=C(c1cccc(CN2CCN(c3ccccc3)CC2)c1)N1CCOCC1. The van der Waals surface area contributed by atoms with Crippen molar-refractivity contribution in [3.63, 3.8) is 0 Å². The number of anilines is 1. The lowest BCUT2D eigenvalue weighted by atomic mass is 10.1. The van der Waals surface area contributed by atoms with E-state index in [9.17, 15) is 4.79 Å². The molecule has 0 unspecified atom stereocenters. The van der Waals surface area contributed by atoms with Gasteiger partial charge in [-0.25, -0.2) is 0 Å². The molecule has 2 heterocycles. The maximum absolute atomic E-state index is 12.7. The van der Waals surface area contributed by atoms with Crippen molar-refractivity contribution in [3.05, 3.63) is 65.7 Å². The molecule has 0 bridgehead atoms. The summed E-state index contributed by atoms with van der Waals surface area (Å²) < 4.78 is 5.35. The lowest BCUT2D eigenvalue weighted by Crippen LogP contribution is -2.46. The van der Waals surface area contributed by atoms with Gasteiger partial charge in [-0.1, -0.05) is 30.3 Å². The van der Waals surface area contributed by atoms with Crippen LogP contribution in [-0.2, 0) is 11.3 Å². The lowest BCUT2D eigenvalue weighted by molar-refractivity contribution is 0.0303. The molecule has 4 rings (SSSR count). The molecule has 142 valence electrons. The number of para-hydroxylation sites is 1. The minimum atomic E-state index is 0.119. The van der Waals surface area contributed by atoms with E-state index in [1.54, 1.807) is 0 Å². The Balaban J connectivity index is 1.34. The van der Waals surface area contributed by atoms with Gasteiger partial charge < -0.3 is 14.5 Å². The molecule has 0 atom stereocenters. The molecule has 27 heavy (non-hydrogen) atoms. The maximum atomic E-state index is 12.7. The Morgan fingerprint density at radius 1 is 0.852 bits per heavy atom. The summed E-state index contributed by atoms with van der Waals surface area (Å²) in [5.74, 6) is 0.119. The van der Waals surface area contributed by atoms with Gasteiger partial charge in [-0.2, -0.15) is 0 Å². The first-order valence-electron chi connectivity index (χ1n) is 9.78. The molecule has 0 radical (unpaired) electrons. The van der Waals surface area contributed by atoms with E-state index in [4.69, 9.17) is 4.74 Å². The maximum Gasteiger partial charge on any atom is 0.254 e. The van der Waals surface area contributed by atoms with Gasteiger partial charge in [0.1, 0.15) is 0 Å². The summed E-state index contributed by atoms with van der Waals surface area (Å²) in [4.78, 5) is 19.5. The summed E-state index contributed by atoms with van der Waals surface area (Å²) >= 11 is 0. The van der Waals surface area contributed by atoms with Crippen molar-refractivity contribution in [2.24, 2.45) is 0 Å². The third kappa shape index (κ3) is 4.49. The number of rotatable bonds is 4. The predicted octanol–water partition coefficient (Wildman–Crippen LogP) is 2.48. The van der Waals surface area contributed by atoms with E-state index in [0.29, 0.717) is 26.3 Å². The zero-order chi connectivity index (χ0) is 18.5. The minimum absolute atomic E-state index is 0.119. The number of ether oxygens (including phenoxy) is 1. The summed E-state index contributed by atoms with van der Waals surface area (Å²) in [5, 5.41) is 0. The number of piperazine rings is 1. The molecule has 5 heteroatoms. The van der Waals surface area contributed by atoms with Crippen molar-refractivity contribution < 1.29 is 9.53 Å². The van der Waals surface area contributed by atoms with Crippen molar-refractivity contribution in [2.75, 3.05) is 57.4 Å². The van der Waals surface area contributed by atoms with E-state index in [-0.39, 0.29) is 5.91 Å². The average molecular weight is 365 g/mol. The van der Waals surface area contributed by atoms with Gasteiger partial charge in [0.15, 0.2) is 0 Å². The van der Waals surface area contributed by atoms with Gasteiger partial charge in [0.05, 0.1) is 13.2 Å². The number of benzene rings is 2. The van der Waals surface area contributed by atoms with Crippen LogP contribution in [0.2, 0.25) is 0 Å². The molecule has 0 N–H and O–H groups in total. The highest BCUT2D eigenvalue weighted by molar-refractivity contribution is 5.94. The molecule has 0 spiro atoms. The first kappa shape index (κ1) is 18.0. The second-order valence-corrected chi connectivity index (χ2v) is 7.20. The Morgan fingerprint density at radius 2 is 1.59 bits per heavy atom. The molecule has 2 aliphatic heterocycles. The molecule has 2 aromatic carbocycles. The van der Waals surface area contributed by atoms with E-state index in [1.165, 1.54) is 11.3 Å². The van der Waals surface area contributed by atoms with E-state index in [2.05, 4.69) is 52.3 Å². The molecule has 2 saturated heterocycles. The highest BCUT2D eigenvalue weighted by atomic mass is 16.5. The lowest BCUT2D eigenvalue weighted by Gasteiger charge is -2.36. The van der Waals surface area contributed by atoms with E-state index < -0.39 is 0 Å². The quantitative estimate of drug-likeness (QED) is 0.834. The monoisotopic (exact) mass is 365 g/mol. The Kier molecular flexibility index (Phi) is 5.70. The minimum Gasteiger partial charge on any atom is -0.378 e. The van der Waals surface area contributed by atoms with Gasteiger partial charge >= 0.3 is 0 Å². The van der Waals surface area contributed by atoms with Crippen molar-refractivity contribution >= 4 is 11.6 Å². The number of nitrogens with zero attached hydrogens (tertiary/aromatic N) is 3. The molecule has 0 aliphatic carbocycles. The Morgan fingerprint density at radius 3 is 2.33 bits per heavy atom. The van der Waals surface area contributed by atoms with E-state index in [1.807, 2.05) is 17.0 Å². The third-order valence-electron chi connectivity index (χ3n) is 5.37. The summed E-state index contributed by atoms with van der Waals surface area (Å²) in [6.07, 6.45) is 0. The number of morpholine rings is 1. The first-order valence-corrected chi connectivity index (χ1v) is 9.78. The molecule has 2 aromatic rings. The molecule has 0 saturated carbocycles. The number of carbonyl (C=O) groups excluding carboxylic acids is 1. The summed E-state index contributed by atoms with van der Waals surface area (Å²) in [7, 11) is 0. The van der Waals surface area contributed by atoms with Crippen LogP contribution in [0.25, 0.3) is 0 Å². The van der Waals surface area contributed by atoms with Crippen LogP contribution in [0.4, 0.5) is 5.69 Å². The highest BCUT2D eigenvalue weighted by Crippen LogP contribution is 2.17. The summed E-state index contributed by atoms with van der Waals surface area (Å²) in [6.45, 7) is 7.69. The molecular formula is C22H27N3O2. The fourth-order valence-corrected chi connectivity index (χ4v) is 3.81. The number of carbonyl (C=O) groups is 1. The van der Waals surface area contributed by atoms with Crippen molar-refractivity contribution in [2.45, 2.75) is 6.54 Å². The second-order valence-electron chi connectivity index (χ2n) is 7.20. The van der Waals surface area contributed by atoms with Crippen molar-refractivity contribution in [1.82, 2.24) is 9.80 Å². The molecule has 2 aliphatic rings. The fourth-order valence-electron chi connectivity index (χ4n) is 3.81. The van der Waals surface area contributed by atoms with Gasteiger partial charge in [0.25, 0.3) is 5.91 Å². The largest absolute Gasteiger partial charge is 0.378 e. The smallest absolute Gasteiger partial charge is 0.254 e. The van der Waals surface area contributed by atoms with Crippen LogP contribution in [-0.4, -0.2) is 68.2 Å². The van der Waals surface area contributed by atoms with Crippen LogP contribution in [0.1, 0.15) is 15.9 Å². The highest BCUT2D eigenvalue weighted by Gasteiger charge is 2.20. The fraction of sp³-hybridized carbons (Fsp3) is 0.409. The molecule has 1 amide bonds. The van der Waals surface area contributed by atoms with Crippen molar-refractivity contribution in [3.8, 4) is 0 Å². The van der Waals surface area contributed by atoms with Gasteiger partial charge in [-0.15, -0.1) is 0 Å². The van der Waals surface area contributed by atoms with Crippen molar-refractivity contribution in [1.29, 1.82) is 0 Å². The summed E-state index contributed by atoms with van der Waals surface area (Å²) in [6, 6.07) is 18.7. The van der Waals surface area contributed by atoms with Gasteiger partial charge in [0, 0.05) is 57.1 Å². The molecule has 0 aromatic heterocycles. The van der Waals surface area contributed by atoms with Gasteiger partial charge in [0.2, 0.25) is 0 Å².